The normalized spacial score (nSPS) is 19.9. The highest BCUT2D eigenvalue weighted by atomic mass is 19.4. The van der Waals surface area contributed by atoms with Gasteiger partial charge >= 0.3 is 6.18 Å². The van der Waals surface area contributed by atoms with Crippen LogP contribution in [0.25, 0.3) is 0 Å². The van der Waals surface area contributed by atoms with E-state index >= 15 is 0 Å². The smallest absolute Gasteiger partial charge is 0.371 e. The Morgan fingerprint density at radius 3 is 2.56 bits per heavy atom. The number of nitrogens with zero attached hydrogens (tertiary/aromatic N) is 2. The molecule has 0 saturated carbocycles. The van der Waals surface area contributed by atoms with Crippen LogP contribution in [0.2, 0.25) is 0 Å². The van der Waals surface area contributed by atoms with E-state index in [1.165, 1.54) is 24.1 Å². The SMILES string of the molecule is Cn1oc(C(=O)N2C[C@@H](c3cccc(C(F)(F)F)c3)OC(C)(C)C2)cc1=O. The molecule has 6 nitrogen and oxygen atoms in total. The summed E-state index contributed by atoms with van der Waals surface area (Å²) in [5.41, 5.74) is -1.70. The average Bonchev–Trinajstić information content (AvgIpc) is 2.91. The number of carbonyl (C=O) groups is 1. The molecule has 0 spiro atoms. The number of rotatable bonds is 2. The summed E-state index contributed by atoms with van der Waals surface area (Å²) < 4.78 is 51.0. The van der Waals surface area contributed by atoms with Crippen LogP contribution in [0.4, 0.5) is 13.2 Å². The highest BCUT2D eigenvalue weighted by Crippen LogP contribution is 2.35. The van der Waals surface area contributed by atoms with Crippen molar-refractivity contribution in [1.82, 2.24) is 9.64 Å². The number of hydrogen-bond acceptors (Lipinski definition) is 4. The van der Waals surface area contributed by atoms with E-state index in [0.717, 1.165) is 22.9 Å². The molecule has 27 heavy (non-hydrogen) atoms. The molecular weight excluding hydrogens is 365 g/mol. The zero-order valence-electron chi connectivity index (χ0n) is 15.0. The van der Waals surface area contributed by atoms with E-state index in [-0.39, 0.29) is 18.8 Å². The lowest BCUT2D eigenvalue weighted by Crippen LogP contribution is -2.51. The maximum Gasteiger partial charge on any atom is 0.416 e. The van der Waals surface area contributed by atoms with Crippen molar-refractivity contribution in [2.45, 2.75) is 31.7 Å². The minimum Gasteiger partial charge on any atom is -0.371 e. The third-order valence-electron chi connectivity index (χ3n) is 4.30. The number of aromatic nitrogens is 1. The maximum absolute atomic E-state index is 13.0. The molecule has 3 rings (SSSR count). The molecule has 2 aromatic rings. The molecule has 1 saturated heterocycles. The molecule has 1 aromatic heterocycles. The molecule has 0 radical (unpaired) electrons. The molecule has 1 aliphatic heterocycles. The second kappa shape index (κ2) is 6.56. The van der Waals surface area contributed by atoms with Crippen LogP contribution in [-0.2, 0) is 18.0 Å². The van der Waals surface area contributed by atoms with Gasteiger partial charge in [-0.05, 0) is 31.5 Å². The second-order valence-electron chi connectivity index (χ2n) is 7.11. The van der Waals surface area contributed by atoms with Crippen molar-refractivity contribution in [3.05, 3.63) is 57.6 Å². The van der Waals surface area contributed by atoms with Crippen molar-refractivity contribution in [3.8, 4) is 0 Å². The monoisotopic (exact) mass is 384 g/mol. The van der Waals surface area contributed by atoms with E-state index in [1.54, 1.807) is 13.8 Å². The Kier molecular flexibility index (Phi) is 4.67. The van der Waals surface area contributed by atoms with Gasteiger partial charge in [0.15, 0.2) is 0 Å². The molecule has 9 heteroatoms. The van der Waals surface area contributed by atoms with Crippen molar-refractivity contribution in [3.63, 3.8) is 0 Å². The third-order valence-corrected chi connectivity index (χ3v) is 4.30. The number of hydrogen-bond donors (Lipinski definition) is 0. The number of amides is 1. The van der Waals surface area contributed by atoms with E-state index in [4.69, 9.17) is 9.26 Å². The Hall–Kier alpha value is -2.55. The Bertz CT molecular complexity index is 914. The summed E-state index contributed by atoms with van der Waals surface area (Å²) in [5.74, 6) is -0.635. The molecule has 0 N–H and O–H groups in total. The van der Waals surface area contributed by atoms with Gasteiger partial charge < -0.3 is 14.2 Å². The van der Waals surface area contributed by atoms with Gasteiger partial charge in [0, 0.05) is 13.6 Å². The Morgan fingerprint density at radius 1 is 1.26 bits per heavy atom. The van der Waals surface area contributed by atoms with Gasteiger partial charge in [-0.1, -0.05) is 12.1 Å². The number of alkyl halides is 3. The first-order chi connectivity index (χ1) is 12.5. The molecule has 0 aliphatic carbocycles. The molecule has 1 fully saturated rings. The molecule has 0 unspecified atom stereocenters. The standard InChI is InChI=1S/C18H19F3N2O4/c1-17(2)10-23(16(25)13-8-15(24)22(3)27-13)9-14(26-17)11-5-4-6-12(7-11)18(19,20)21/h4-8,14H,9-10H2,1-3H3/t14-/m0/s1. The predicted molar refractivity (Wildman–Crippen MR) is 89.2 cm³/mol. The first-order valence-corrected chi connectivity index (χ1v) is 8.28. The van der Waals surface area contributed by atoms with E-state index in [1.807, 2.05) is 0 Å². The van der Waals surface area contributed by atoms with Crippen molar-refractivity contribution in [1.29, 1.82) is 0 Å². The van der Waals surface area contributed by atoms with Crippen molar-refractivity contribution in [2.24, 2.45) is 7.05 Å². The Morgan fingerprint density at radius 2 is 1.96 bits per heavy atom. The van der Waals surface area contributed by atoms with Crippen LogP contribution in [0, 0.1) is 0 Å². The van der Waals surface area contributed by atoms with E-state index in [0.29, 0.717) is 5.56 Å². The lowest BCUT2D eigenvalue weighted by atomic mass is 9.99. The first kappa shape index (κ1) is 19.2. The number of morpholine rings is 1. The molecule has 146 valence electrons. The fraction of sp³-hybridized carbons (Fsp3) is 0.444. The molecule has 1 aliphatic rings. The summed E-state index contributed by atoms with van der Waals surface area (Å²) in [6, 6.07) is 5.94. The lowest BCUT2D eigenvalue weighted by molar-refractivity contribution is -0.139. The second-order valence-corrected chi connectivity index (χ2v) is 7.11. The predicted octanol–water partition coefficient (Wildman–Crippen LogP) is 2.99. The van der Waals surface area contributed by atoms with Crippen LogP contribution < -0.4 is 5.56 Å². The molecule has 1 aromatic carbocycles. The molecule has 1 atom stereocenters. The summed E-state index contributed by atoms with van der Waals surface area (Å²) in [6.45, 7) is 3.74. The topological polar surface area (TPSA) is 64.7 Å². The molecular formula is C18H19F3N2O4. The molecule has 0 bridgehead atoms. The van der Waals surface area contributed by atoms with Gasteiger partial charge in [0.05, 0.1) is 23.8 Å². The minimum atomic E-state index is -4.47. The van der Waals surface area contributed by atoms with Crippen LogP contribution in [0.5, 0.6) is 0 Å². The summed E-state index contributed by atoms with van der Waals surface area (Å²) in [6.07, 6.45) is -5.21. The van der Waals surface area contributed by atoms with Crippen molar-refractivity contribution in [2.75, 3.05) is 13.1 Å². The largest absolute Gasteiger partial charge is 0.416 e. The van der Waals surface area contributed by atoms with Gasteiger partial charge in [-0.2, -0.15) is 17.9 Å². The van der Waals surface area contributed by atoms with Crippen LogP contribution in [0.1, 0.15) is 41.6 Å². The quantitative estimate of drug-likeness (QED) is 0.799. The first-order valence-electron chi connectivity index (χ1n) is 8.28. The van der Waals surface area contributed by atoms with Gasteiger partial charge in [0.1, 0.15) is 6.10 Å². The Labute approximate surface area is 153 Å². The summed E-state index contributed by atoms with van der Waals surface area (Å²) in [4.78, 5) is 25.7. The highest BCUT2D eigenvalue weighted by Gasteiger charge is 2.38. The van der Waals surface area contributed by atoms with Crippen molar-refractivity contribution < 1.29 is 27.2 Å². The number of halogens is 3. The fourth-order valence-corrected chi connectivity index (χ4v) is 3.11. The third kappa shape index (κ3) is 4.08. The average molecular weight is 384 g/mol. The van der Waals surface area contributed by atoms with E-state index in [9.17, 15) is 22.8 Å². The van der Waals surface area contributed by atoms with Crippen LogP contribution >= 0.6 is 0 Å². The van der Waals surface area contributed by atoms with Crippen molar-refractivity contribution >= 4 is 5.91 Å². The maximum atomic E-state index is 13.0. The molecule has 1 amide bonds. The lowest BCUT2D eigenvalue weighted by Gasteiger charge is -2.42. The zero-order valence-corrected chi connectivity index (χ0v) is 15.0. The van der Waals surface area contributed by atoms with Gasteiger partial charge in [0.2, 0.25) is 5.76 Å². The summed E-state index contributed by atoms with van der Waals surface area (Å²) >= 11 is 0. The number of aryl methyl sites for hydroxylation is 1. The van der Waals surface area contributed by atoms with Gasteiger partial charge in [-0.3, -0.25) is 9.59 Å². The fourth-order valence-electron chi connectivity index (χ4n) is 3.11. The Balaban J connectivity index is 1.90. The highest BCUT2D eigenvalue weighted by molar-refractivity contribution is 5.91. The number of carbonyl (C=O) groups excluding carboxylic acids is 1. The van der Waals surface area contributed by atoms with E-state index < -0.39 is 34.9 Å². The van der Waals surface area contributed by atoms with E-state index in [2.05, 4.69) is 0 Å². The number of benzene rings is 1. The summed E-state index contributed by atoms with van der Waals surface area (Å²) in [7, 11) is 1.38. The van der Waals surface area contributed by atoms with Crippen LogP contribution in [0.3, 0.4) is 0 Å². The number of ether oxygens (including phenoxy) is 1. The van der Waals surface area contributed by atoms with Crippen LogP contribution in [0.15, 0.2) is 39.6 Å². The molecule has 2 heterocycles. The summed E-state index contributed by atoms with van der Waals surface area (Å²) in [5, 5.41) is 0. The van der Waals surface area contributed by atoms with Gasteiger partial charge in [-0.15, -0.1) is 0 Å². The van der Waals surface area contributed by atoms with Gasteiger partial charge in [0.25, 0.3) is 11.5 Å². The van der Waals surface area contributed by atoms with Crippen LogP contribution in [-0.4, -0.2) is 34.2 Å². The van der Waals surface area contributed by atoms with Gasteiger partial charge in [-0.25, -0.2) is 0 Å². The zero-order chi connectivity index (χ0) is 20.0. The minimum absolute atomic E-state index is 0.0438.